The first-order valence-electron chi connectivity index (χ1n) is 9.87. The number of nitrogens with zero attached hydrogens (tertiary/aromatic N) is 2. The summed E-state index contributed by atoms with van der Waals surface area (Å²) in [5, 5.41) is 0. The third-order valence-corrected chi connectivity index (χ3v) is 6.53. The van der Waals surface area contributed by atoms with Gasteiger partial charge < -0.3 is 19.6 Å². The summed E-state index contributed by atoms with van der Waals surface area (Å²) in [6.07, 6.45) is 3.76. The second kappa shape index (κ2) is 8.47. The number of carbonyl (C=O) groups is 1. The Labute approximate surface area is 190 Å². The molecule has 2 heterocycles. The largest absolute Gasteiger partial charge is 0.496 e. The Kier molecular flexibility index (Phi) is 5.69. The zero-order valence-corrected chi connectivity index (χ0v) is 19.0. The summed E-state index contributed by atoms with van der Waals surface area (Å²) in [7, 11) is -1.27. The Balaban J connectivity index is 1.75. The summed E-state index contributed by atoms with van der Waals surface area (Å²) in [6, 6.07) is 12.9. The normalized spacial score (nSPS) is 11.4. The molecule has 0 fully saturated rings. The number of primary amides is 1. The van der Waals surface area contributed by atoms with Gasteiger partial charge in [-0.25, -0.2) is 13.4 Å². The lowest BCUT2D eigenvalue weighted by Crippen LogP contribution is -2.17. The average molecular weight is 467 g/mol. The lowest BCUT2D eigenvalue weighted by molar-refractivity contribution is 0.0997. The van der Waals surface area contributed by atoms with Crippen LogP contribution in [0.3, 0.4) is 0 Å². The number of hydrogen-bond acceptors (Lipinski definition) is 6. The van der Waals surface area contributed by atoms with Crippen LogP contribution in [-0.2, 0) is 10.0 Å². The lowest BCUT2D eigenvalue weighted by Gasteiger charge is -2.14. The van der Waals surface area contributed by atoms with E-state index in [9.17, 15) is 13.2 Å². The molecule has 9 nitrogen and oxygen atoms in total. The lowest BCUT2D eigenvalue weighted by atomic mass is 10.1. The summed E-state index contributed by atoms with van der Waals surface area (Å²) in [5.74, 6) is -0.292. The zero-order valence-electron chi connectivity index (χ0n) is 18.2. The molecule has 33 heavy (non-hydrogen) atoms. The van der Waals surface area contributed by atoms with Crippen LogP contribution >= 0.6 is 0 Å². The summed E-state index contributed by atoms with van der Waals surface area (Å²) < 4.78 is 41.1. The van der Waals surface area contributed by atoms with E-state index in [1.165, 1.54) is 32.4 Å². The monoisotopic (exact) mass is 466 g/mol. The highest BCUT2D eigenvalue weighted by Gasteiger charge is 2.21. The Hall–Kier alpha value is -4.05. The maximum Gasteiger partial charge on any atom is 0.262 e. The number of imidazole rings is 1. The third-order valence-electron chi connectivity index (χ3n) is 5.16. The molecule has 0 radical (unpaired) electrons. The first kappa shape index (κ1) is 22.2. The smallest absolute Gasteiger partial charge is 0.262 e. The van der Waals surface area contributed by atoms with Crippen molar-refractivity contribution in [2.45, 2.75) is 11.8 Å². The van der Waals surface area contributed by atoms with Gasteiger partial charge in [-0.2, -0.15) is 0 Å². The number of carbonyl (C=O) groups excluding carboxylic acids is 1. The number of rotatable bonds is 7. The van der Waals surface area contributed by atoms with Crippen molar-refractivity contribution in [2.75, 3.05) is 18.9 Å². The van der Waals surface area contributed by atoms with Gasteiger partial charge in [-0.05, 0) is 55.0 Å². The van der Waals surface area contributed by atoms with Crippen molar-refractivity contribution in [2.24, 2.45) is 5.73 Å². The van der Waals surface area contributed by atoms with Crippen LogP contribution in [0.5, 0.6) is 11.5 Å². The molecule has 3 N–H and O–H groups in total. The van der Waals surface area contributed by atoms with E-state index < -0.39 is 15.9 Å². The summed E-state index contributed by atoms with van der Waals surface area (Å²) in [6.45, 7) is 1.97. The fraction of sp³-hybridized carbons (Fsp3) is 0.130. The number of anilines is 1. The van der Waals surface area contributed by atoms with Gasteiger partial charge in [0, 0.05) is 18.0 Å². The fourth-order valence-electron chi connectivity index (χ4n) is 3.49. The second-order valence-electron chi connectivity index (χ2n) is 7.30. The highest BCUT2D eigenvalue weighted by Crippen LogP contribution is 2.33. The van der Waals surface area contributed by atoms with Crippen molar-refractivity contribution in [3.05, 3.63) is 72.1 Å². The number of aromatic nitrogens is 2. The number of benzene rings is 2. The molecule has 4 aromatic rings. The molecule has 0 atom stereocenters. The maximum absolute atomic E-state index is 13.1. The molecular formula is C23H22N4O5S. The van der Waals surface area contributed by atoms with Crippen LogP contribution in [0.1, 0.15) is 15.9 Å². The van der Waals surface area contributed by atoms with Gasteiger partial charge in [-0.3, -0.25) is 9.52 Å². The van der Waals surface area contributed by atoms with Gasteiger partial charge in [-0.15, -0.1) is 0 Å². The van der Waals surface area contributed by atoms with Gasteiger partial charge in [0.15, 0.2) is 0 Å². The summed E-state index contributed by atoms with van der Waals surface area (Å²) in [4.78, 5) is 16.2. The molecule has 0 saturated carbocycles. The number of hydrogen-bond donors (Lipinski definition) is 2. The molecule has 0 spiro atoms. The first-order chi connectivity index (χ1) is 15.7. The average Bonchev–Trinajstić information content (AvgIpc) is 3.24. The number of nitrogens with one attached hydrogen (secondary N) is 1. The molecule has 0 aliphatic rings. The van der Waals surface area contributed by atoms with Gasteiger partial charge in [0.1, 0.15) is 17.1 Å². The number of fused-ring (bicyclic) bond motifs is 1. The van der Waals surface area contributed by atoms with Crippen molar-refractivity contribution in [3.8, 4) is 22.8 Å². The third kappa shape index (κ3) is 4.20. The molecule has 170 valence electrons. The molecule has 0 aliphatic heterocycles. The Bertz CT molecular complexity index is 1480. The number of methoxy groups -OCH3 is 2. The van der Waals surface area contributed by atoms with Crippen molar-refractivity contribution in [1.82, 2.24) is 9.38 Å². The molecule has 0 bridgehead atoms. The molecule has 0 saturated heterocycles. The standard InChI is InChI=1S/C23H22N4O5S/c1-14-5-4-10-27-13-19(25-23(14)27)15-6-8-21(32-3)18(11-15)26-33(29,30)16-7-9-20(31-2)17(12-16)22(24)28/h4-13,26H,1-3H3,(H2,24,28). The van der Waals surface area contributed by atoms with Crippen LogP contribution in [0.2, 0.25) is 0 Å². The first-order valence-corrected chi connectivity index (χ1v) is 11.3. The van der Waals surface area contributed by atoms with Crippen LogP contribution in [0.15, 0.2) is 65.8 Å². The number of nitrogens with two attached hydrogens (primary N) is 1. The highest BCUT2D eigenvalue weighted by atomic mass is 32.2. The number of sulfonamides is 1. The predicted octanol–water partition coefficient (Wildman–Crippen LogP) is 3.23. The Morgan fingerprint density at radius 2 is 1.79 bits per heavy atom. The molecule has 2 aromatic carbocycles. The van der Waals surface area contributed by atoms with Crippen LogP contribution in [0, 0.1) is 6.92 Å². The number of aryl methyl sites for hydroxylation is 1. The molecule has 4 rings (SSSR count). The zero-order chi connectivity index (χ0) is 23.8. The molecular weight excluding hydrogens is 444 g/mol. The minimum Gasteiger partial charge on any atom is -0.496 e. The van der Waals surface area contributed by atoms with Crippen LogP contribution in [0.25, 0.3) is 16.9 Å². The van der Waals surface area contributed by atoms with E-state index in [0.717, 1.165) is 11.2 Å². The Morgan fingerprint density at radius 3 is 2.45 bits per heavy atom. The molecule has 2 aromatic heterocycles. The quantitative estimate of drug-likeness (QED) is 0.431. The fourth-order valence-corrected chi connectivity index (χ4v) is 4.58. The van der Waals surface area contributed by atoms with E-state index >= 15 is 0 Å². The maximum atomic E-state index is 13.1. The predicted molar refractivity (Wildman–Crippen MR) is 124 cm³/mol. The van der Waals surface area contributed by atoms with E-state index in [4.69, 9.17) is 15.2 Å². The molecule has 0 unspecified atom stereocenters. The SMILES string of the molecule is COc1ccc(-c2cn3cccc(C)c3n2)cc1NS(=O)(=O)c1ccc(OC)c(C(N)=O)c1. The van der Waals surface area contributed by atoms with Gasteiger partial charge in [0.2, 0.25) is 0 Å². The van der Waals surface area contributed by atoms with Crippen molar-refractivity contribution >= 4 is 27.3 Å². The van der Waals surface area contributed by atoms with E-state index in [-0.39, 0.29) is 21.9 Å². The van der Waals surface area contributed by atoms with E-state index in [2.05, 4.69) is 9.71 Å². The topological polar surface area (TPSA) is 125 Å². The van der Waals surface area contributed by atoms with Gasteiger partial charge in [0.05, 0.1) is 36.1 Å². The molecule has 10 heteroatoms. The summed E-state index contributed by atoms with van der Waals surface area (Å²) in [5.41, 5.74) is 8.74. The van der Waals surface area contributed by atoms with Crippen molar-refractivity contribution in [1.29, 1.82) is 0 Å². The van der Waals surface area contributed by atoms with Gasteiger partial charge in [0.25, 0.3) is 15.9 Å². The van der Waals surface area contributed by atoms with E-state index in [0.29, 0.717) is 17.0 Å². The van der Waals surface area contributed by atoms with Gasteiger partial charge in [-0.1, -0.05) is 6.07 Å². The van der Waals surface area contributed by atoms with E-state index in [1.54, 1.807) is 18.2 Å². The van der Waals surface area contributed by atoms with Crippen molar-refractivity contribution < 1.29 is 22.7 Å². The molecule has 0 aliphatic carbocycles. The van der Waals surface area contributed by atoms with Crippen LogP contribution in [0.4, 0.5) is 5.69 Å². The Morgan fingerprint density at radius 1 is 1.06 bits per heavy atom. The summed E-state index contributed by atoms with van der Waals surface area (Å²) >= 11 is 0. The highest BCUT2D eigenvalue weighted by molar-refractivity contribution is 7.92. The minimum atomic E-state index is -4.08. The van der Waals surface area contributed by atoms with Gasteiger partial charge >= 0.3 is 0 Å². The number of amides is 1. The second-order valence-corrected chi connectivity index (χ2v) is 8.98. The molecule has 1 amide bonds. The van der Waals surface area contributed by atoms with Crippen molar-refractivity contribution in [3.63, 3.8) is 0 Å². The number of ether oxygens (including phenoxy) is 2. The van der Waals surface area contributed by atoms with E-state index in [1.807, 2.05) is 35.9 Å². The van der Waals surface area contributed by atoms with Crippen LogP contribution in [-0.4, -0.2) is 37.9 Å². The number of pyridine rings is 1. The van der Waals surface area contributed by atoms with Crippen LogP contribution < -0.4 is 19.9 Å². The minimum absolute atomic E-state index is 0.0406.